The second kappa shape index (κ2) is 8.33. The Kier molecular flexibility index (Phi) is 5.89. The lowest BCUT2D eigenvalue weighted by atomic mass is 9.77. The van der Waals surface area contributed by atoms with Crippen LogP contribution in [0.15, 0.2) is 42.7 Å². The van der Waals surface area contributed by atoms with Crippen LogP contribution in [0.1, 0.15) is 50.5 Å². The quantitative estimate of drug-likeness (QED) is 0.744. The van der Waals surface area contributed by atoms with Gasteiger partial charge in [0.1, 0.15) is 0 Å². The molecule has 0 unspecified atom stereocenters. The Bertz CT molecular complexity index is 810. The molecule has 0 radical (unpaired) electrons. The Morgan fingerprint density at radius 1 is 1.04 bits per heavy atom. The van der Waals surface area contributed by atoms with Crippen LogP contribution in [0.3, 0.4) is 0 Å². The average molecular weight is 366 g/mol. The maximum atomic E-state index is 12.7. The summed E-state index contributed by atoms with van der Waals surface area (Å²) in [7, 11) is 0. The third-order valence-electron chi connectivity index (χ3n) is 5.54. The van der Waals surface area contributed by atoms with E-state index in [0.29, 0.717) is 12.8 Å². The summed E-state index contributed by atoms with van der Waals surface area (Å²) in [5.41, 5.74) is 2.75. The van der Waals surface area contributed by atoms with Crippen LogP contribution < -0.4 is 5.32 Å². The molecule has 27 heavy (non-hydrogen) atoms. The first-order valence-corrected chi connectivity index (χ1v) is 9.54. The highest BCUT2D eigenvalue weighted by molar-refractivity contribution is 5.95. The Balaban J connectivity index is 1.78. The number of aromatic nitrogens is 1. The molecule has 0 bridgehead atoms. The lowest BCUT2D eigenvalue weighted by molar-refractivity contribution is -0.152. The average Bonchev–Trinajstić information content (AvgIpc) is 2.91. The smallest absolute Gasteiger partial charge is 0.310 e. The van der Waals surface area contributed by atoms with Gasteiger partial charge in [0.25, 0.3) is 0 Å². The molecule has 1 aromatic heterocycles. The molecular formula is C22H26N2O3. The zero-order chi connectivity index (χ0) is 19.3. The molecule has 142 valence electrons. The number of carbonyl (C=O) groups excluding carboxylic acids is 1. The molecule has 1 saturated carbocycles. The van der Waals surface area contributed by atoms with Gasteiger partial charge in [0, 0.05) is 24.5 Å². The normalized spacial score (nSPS) is 16.3. The van der Waals surface area contributed by atoms with Crippen molar-refractivity contribution in [2.24, 2.45) is 5.41 Å². The highest BCUT2D eigenvalue weighted by Gasteiger charge is 2.40. The zero-order valence-electron chi connectivity index (χ0n) is 15.7. The summed E-state index contributed by atoms with van der Waals surface area (Å²) in [4.78, 5) is 28.7. The van der Waals surface area contributed by atoms with E-state index >= 15 is 0 Å². The van der Waals surface area contributed by atoms with Gasteiger partial charge in [0.05, 0.1) is 5.41 Å². The zero-order valence-corrected chi connectivity index (χ0v) is 15.7. The standard InChI is InChI=1S/C22H26N2O3/c1-16-6-7-18(17-8-12-23-13-9-17)14-19(16)24-20(25)15-22(21(26)27)10-4-2-3-5-11-22/h6-9,12-14H,2-5,10-11,15H2,1H3,(H,24,25)(H,26,27). The number of rotatable bonds is 5. The molecule has 5 nitrogen and oxygen atoms in total. The lowest BCUT2D eigenvalue weighted by Gasteiger charge is -2.27. The Hall–Kier alpha value is -2.69. The number of nitrogens with zero attached hydrogens (tertiary/aromatic N) is 1. The van der Waals surface area contributed by atoms with E-state index in [1.807, 2.05) is 37.3 Å². The summed E-state index contributed by atoms with van der Waals surface area (Å²) in [6.07, 6.45) is 8.48. The lowest BCUT2D eigenvalue weighted by Crippen LogP contribution is -2.35. The van der Waals surface area contributed by atoms with Crippen LogP contribution in [0.4, 0.5) is 5.69 Å². The molecular weight excluding hydrogens is 340 g/mol. The van der Waals surface area contributed by atoms with Crippen molar-refractivity contribution in [3.63, 3.8) is 0 Å². The highest BCUT2D eigenvalue weighted by Crippen LogP contribution is 2.39. The number of aryl methyl sites for hydroxylation is 1. The molecule has 0 spiro atoms. The van der Waals surface area contributed by atoms with E-state index in [2.05, 4.69) is 10.3 Å². The fraction of sp³-hybridized carbons (Fsp3) is 0.409. The highest BCUT2D eigenvalue weighted by atomic mass is 16.4. The molecule has 1 aliphatic carbocycles. The molecule has 5 heteroatoms. The van der Waals surface area contributed by atoms with E-state index in [9.17, 15) is 14.7 Å². The van der Waals surface area contributed by atoms with Crippen molar-refractivity contribution in [1.29, 1.82) is 0 Å². The third-order valence-corrected chi connectivity index (χ3v) is 5.54. The fourth-order valence-electron chi connectivity index (χ4n) is 3.85. The molecule has 1 aliphatic rings. The summed E-state index contributed by atoms with van der Waals surface area (Å²) < 4.78 is 0. The van der Waals surface area contributed by atoms with Crippen molar-refractivity contribution >= 4 is 17.6 Å². The molecule has 1 aromatic carbocycles. The number of aliphatic carboxylic acids is 1. The van der Waals surface area contributed by atoms with E-state index < -0.39 is 11.4 Å². The van der Waals surface area contributed by atoms with Gasteiger partial charge < -0.3 is 10.4 Å². The van der Waals surface area contributed by atoms with Crippen molar-refractivity contribution in [3.05, 3.63) is 48.3 Å². The Labute approximate surface area is 159 Å². The van der Waals surface area contributed by atoms with Crippen LogP contribution in [-0.4, -0.2) is 22.0 Å². The maximum Gasteiger partial charge on any atom is 0.310 e. The van der Waals surface area contributed by atoms with Crippen LogP contribution in [0.5, 0.6) is 0 Å². The van der Waals surface area contributed by atoms with Crippen molar-refractivity contribution in [3.8, 4) is 11.1 Å². The number of carboxylic acid groups (broad SMARTS) is 1. The Morgan fingerprint density at radius 2 is 1.70 bits per heavy atom. The summed E-state index contributed by atoms with van der Waals surface area (Å²) in [6, 6.07) is 9.74. The van der Waals surface area contributed by atoms with Gasteiger partial charge in [0.15, 0.2) is 0 Å². The second-order valence-corrected chi connectivity index (χ2v) is 7.49. The predicted molar refractivity (Wildman–Crippen MR) is 105 cm³/mol. The Morgan fingerprint density at radius 3 is 2.33 bits per heavy atom. The maximum absolute atomic E-state index is 12.7. The monoisotopic (exact) mass is 366 g/mol. The van der Waals surface area contributed by atoms with E-state index in [1.165, 1.54) is 0 Å². The number of amides is 1. The minimum atomic E-state index is -0.933. The topological polar surface area (TPSA) is 79.3 Å². The van der Waals surface area contributed by atoms with Crippen LogP contribution in [0, 0.1) is 12.3 Å². The van der Waals surface area contributed by atoms with Gasteiger partial charge in [-0.25, -0.2) is 0 Å². The molecule has 3 rings (SSSR count). The third kappa shape index (κ3) is 4.54. The minimum Gasteiger partial charge on any atom is -0.481 e. The number of pyridine rings is 1. The molecule has 0 aliphatic heterocycles. The first-order chi connectivity index (χ1) is 13.0. The first-order valence-electron chi connectivity index (χ1n) is 9.54. The second-order valence-electron chi connectivity index (χ2n) is 7.49. The molecule has 2 N–H and O–H groups in total. The van der Waals surface area contributed by atoms with Crippen molar-refractivity contribution < 1.29 is 14.7 Å². The largest absolute Gasteiger partial charge is 0.481 e. The molecule has 1 fully saturated rings. The van der Waals surface area contributed by atoms with Crippen molar-refractivity contribution in [1.82, 2.24) is 4.98 Å². The van der Waals surface area contributed by atoms with Gasteiger partial charge >= 0.3 is 5.97 Å². The summed E-state index contributed by atoms with van der Waals surface area (Å²) >= 11 is 0. The van der Waals surface area contributed by atoms with Gasteiger partial charge in [0.2, 0.25) is 5.91 Å². The van der Waals surface area contributed by atoms with Crippen LogP contribution in [0.25, 0.3) is 11.1 Å². The molecule has 1 heterocycles. The van der Waals surface area contributed by atoms with E-state index in [0.717, 1.165) is 48.1 Å². The van der Waals surface area contributed by atoms with Gasteiger partial charge in [-0.1, -0.05) is 37.8 Å². The number of anilines is 1. The van der Waals surface area contributed by atoms with Crippen LogP contribution in [0.2, 0.25) is 0 Å². The number of hydrogen-bond acceptors (Lipinski definition) is 3. The summed E-state index contributed by atoms with van der Waals surface area (Å²) in [5, 5.41) is 12.7. The molecule has 2 aromatic rings. The van der Waals surface area contributed by atoms with Gasteiger partial charge in [-0.15, -0.1) is 0 Å². The number of benzene rings is 1. The van der Waals surface area contributed by atoms with Crippen LogP contribution >= 0.6 is 0 Å². The summed E-state index contributed by atoms with van der Waals surface area (Å²) in [5.74, 6) is -1.07. The van der Waals surface area contributed by atoms with E-state index in [1.54, 1.807) is 12.4 Å². The molecule has 0 saturated heterocycles. The fourth-order valence-corrected chi connectivity index (χ4v) is 3.85. The number of carboxylic acids is 1. The van der Waals surface area contributed by atoms with Crippen LogP contribution in [-0.2, 0) is 9.59 Å². The van der Waals surface area contributed by atoms with Crippen molar-refractivity contribution in [2.75, 3.05) is 5.32 Å². The van der Waals surface area contributed by atoms with Crippen molar-refractivity contribution in [2.45, 2.75) is 51.9 Å². The number of carbonyl (C=O) groups is 2. The van der Waals surface area contributed by atoms with Gasteiger partial charge in [-0.3, -0.25) is 14.6 Å². The van der Waals surface area contributed by atoms with E-state index in [4.69, 9.17) is 0 Å². The van der Waals surface area contributed by atoms with Gasteiger partial charge in [-0.05, 0) is 54.7 Å². The van der Waals surface area contributed by atoms with Gasteiger partial charge in [-0.2, -0.15) is 0 Å². The van der Waals surface area contributed by atoms with E-state index in [-0.39, 0.29) is 12.3 Å². The molecule has 1 amide bonds. The first kappa shape index (κ1) is 19.1. The minimum absolute atomic E-state index is 0.0290. The predicted octanol–water partition coefficient (Wildman–Crippen LogP) is 4.81. The summed E-state index contributed by atoms with van der Waals surface area (Å²) in [6.45, 7) is 1.94. The SMILES string of the molecule is Cc1ccc(-c2ccncc2)cc1NC(=O)CC1(C(=O)O)CCCCCC1. The number of hydrogen-bond donors (Lipinski definition) is 2. The number of nitrogens with one attached hydrogen (secondary N) is 1. The molecule has 0 atom stereocenters.